The lowest BCUT2D eigenvalue weighted by atomic mass is 10.1. The van der Waals surface area contributed by atoms with Gasteiger partial charge in [0.1, 0.15) is 11.3 Å². The van der Waals surface area contributed by atoms with Gasteiger partial charge in [0, 0.05) is 38.3 Å². The minimum atomic E-state index is -0.0765. The summed E-state index contributed by atoms with van der Waals surface area (Å²) in [5.41, 5.74) is 3.41. The third-order valence-electron chi connectivity index (χ3n) is 5.00. The second kappa shape index (κ2) is 7.00. The highest BCUT2D eigenvalue weighted by Gasteiger charge is 2.22. The zero-order valence-electron chi connectivity index (χ0n) is 15.8. The van der Waals surface area contributed by atoms with Crippen LogP contribution in [0.4, 0.5) is 0 Å². The van der Waals surface area contributed by atoms with E-state index >= 15 is 0 Å². The Morgan fingerprint density at radius 3 is 2.96 bits per heavy atom. The molecule has 0 aliphatic carbocycles. The third-order valence-corrected chi connectivity index (χ3v) is 5.00. The number of rotatable bonds is 4. The quantitative estimate of drug-likeness (QED) is 0.709. The topological polar surface area (TPSA) is 63.5 Å². The van der Waals surface area contributed by atoms with Gasteiger partial charge in [0.15, 0.2) is 5.69 Å². The molecule has 3 heterocycles. The number of hydrogen-bond acceptors (Lipinski definition) is 5. The smallest absolute Gasteiger partial charge is 0.274 e. The molecular weight excluding hydrogens is 342 g/mol. The molecule has 0 spiro atoms. The molecule has 0 atom stereocenters. The Hall–Kier alpha value is -2.93. The van der Waals surface area contributed by atoms with E-state index in [9.17, 15) is 4.79 Å². The van der Waals surface area contributed by atoms with Crippen LogP contribution >= 0.6 is 0 Å². The molecule has 140 valence electrons. The number of amides is 1. The first-order chi connectivity index (χ1) is 13.1. The van der Waals surface area contributed by atoms with Crippen LogP contribution in [0.1, 0.15) is 21.7 Å². The zero-order chi connectivity index (χ0) is 19.0. The van der Waals surface area contributed by atoms with E-state index in [1.54, 1.807) is 25.3 Å². The molecule has 7 nitrogen and oxygen atoms in total. The van der Waals surface area contributed by atoms with Crippen molar-refractivity contribution < 1.29 is 9.53 Å². The average Bonchev–Trinajstić information content (AvgIpc) is 3.10. The minimum Gasteiger partial charge on any atom is -0.494 e. The lowest BCUT2D eigenvalue weighted by molar-refractivity contribution is 0.0778. The highest BCUT2D eigenvalue weighted by molar-refractivity contribution is 5.93. The third kappa shape index (κ3) is 3.26. The predicted octanol–water partition coefficient (Wildman–Crippen LogP) is 2.16. The van der Waals surface area contributed by atoms with Crippen LogP contribution in [0.25, 0.3) is 10.9 Å². The van der Waals surface area contributed by atoms with Crippen LogP contribution in [0.3, 0.4) is 0 Å². The summed E-state index contributed by atoms with van der Waals surface area (Å²) < 4.78 is 7.34. The summed E-state index contributed by atoms with van der Waals surface area (Å²) in [6, 6.07) is 9.69. The van der Waals surface area contributed by atoms with Gasteiger partial charge < -0.3 is 9.64 Å². The van der Waals surface area contributed by atoms with Crippen molar-refractivity contribution in [2.24, 2.45) is 0 Å². The molecule has 0 fully saturated rings. The number of carbonyl (C=O) groups excluding carboxylic acids is 1. The van der Waals surface area contributed by atoms with Gasteiger partial charge in [0.25, 0.3) is 5.91 Å². The highest BCUT2D eigenvalue weighted by atomic mass is 16.5. The molecule has 3 aromatic rings. The monoisotopic (exact) mass is 365 g/mol. The molecule has 0 bridgehead atoms. The first-order valence-electron chi connectivity index (χ1n) is 8.98. The number of ether oxygens (including phenoxy) is 1. The fourth-order valence-electron chi connectivity index (χ4n) is 3.53. The van der Waals surface area contributed by atoms with Crippen LogP contribution in [0, 0.1) is 0 Å². The van der Waals surface area contributed by atoms with Crippen molar-refractivity contribution in [1.82, 2.24) is 24.6 Å². The van der Waals surface area contributed by atoms with Gasteiger partial charge in [-0.3, -0.25) is 19.4 Å². The number of pyridine rings is 1. The first-order valence-corrected chi connectivity index (χ1v) is 8.98. The maximum Gasteiger partial charge on any atom is 0.274 e. The summed E-state index contributed by atoms with van der Waals surface area (Å²) >= 11 is 0. The summed E-state index contributed by atoms with van der Waals surface area (Å²) in [4.78, 5) is 21.3. The number of benzene rings is 1. The molecule has 0 N–H and O–H groups in total. The maximum absolute atomic E-state index is 12.9. The van der Waals surface area contributed by atoms with Gasteiger partial charge in [-0.05, 0) is 30.8 Å². The number of carbonyl (C=O) groups is 1. The molecule has 0 saturated heterocycles. The van der Waals surface area contributed by atoms with Crippen molar-refractivity contribution in [2.45, 2.75) is 19.6 Å². The van der Waals surface area contributed by atoms with Gasteiger partial charge in [0.2, 0.25) is 0 Å². The van der Waals surface area contributed by atoms with Crippen molar-refractivity contribution >= 4 is 16.8 Å². The predicted molar refractivity (Wildman–Crippen MR) is 103 cm³/mol. The normalized spacial score (nSPS) is 14.2. The summed E-state index contributed by atoms with van der Waals surface area (Å²) in [6.07, 6.45) is 1.75. The maximum atomic E-state index is 12.9. The van der Waals surface area contributed by atoms with Crippen molar-refractivity contribution in [1.29, 1.82) is 0 Å². The van der Waals surface area contributed by atoms with E-state index in [0.29, 0.717) is 12.2 Å². The fraction of sp³-hybridized carbons (Fsp3) is 0.350. The zero-order valence-corrected chi connectivity index (χ0v) is 15.8. The SMILES string of the molecule is COc1ccc(CN(C)C(=O)c2cc3n(n2)CCN(C)C3)c2cccnc12. The number of nitrogens with zero attached hydrogens (tertiary/aromatic N) is 5. The Bertz CT molecular complexity index is 997. The van der Waals surface area contributed by atoms with Crippen LogP contribution in [0.2, 0.25) is 0 Å². The van der Waals surface area contributed by atoms with Gasteiger partial charge in [-0.1, -0.05) is 12.1 Å². The molecule has 1 aliphatic heterocycles. The van der Waals surface area contributed by atoms with Crippen LogP contribution in [-0.2, 0) is 19.6 Å². The average molecular weight is 365 g/mol. The van der Waals surface area contributed by atoms with Crippen LogP contribution < -0.4 is 4.74 Å². The molecule has 2 aromatic heterocycles. The van der Waals surface area contributed by atoms with E-state index in [1.807, 2.05) is 35.0 Å². The molecule has 1 amide bonds. The lowest BCUT2D eigenvalue weighted by Crippen LogP contribution is -2.30. The first kappa shape index (κ1) is 17.5. The van der Waals surface area contributed by atoms with E-state index in [1.165, 1.54) is 0 Å². The van der Waals surface area contributed by atoms with Gasteiger partial charge in [-0.25, -0.2) is 0 Å². The molecule has 7 heteroatoms. The molecule has 27 heavy (non-hydrogen) atoms. The Labute approximate surface area is 158 Å². The van der Waals surface area contributed by atoms with E-state index < -0.39 is 0 Å². The van der Waals surface area contributed by atoms with Crippen LogP contribution in [0.5, 0.6) is 5.75 Å². The lowest BCUT2D eigenvalue weighted by Gasteiger charge is -2.22. The van der Waals surface area contributed by atoms with Gasteiger partial charge in [-0.15, -0.1) is 0 Å². The van der Waals surface area contributed by atoms with Crippen LogP contribution in [-0.4, -0.2) is 58.2 Å². The van der Waals surface area contributed by atoms with Crippen molar-refractivity contribution in [3.63, 3.8) is 0 Å². The Balaban J connectivity index is 1.58. The highest BCUT2D eigenvalue weighted by Crippen LogP contribution is 2.27. The Morgan fingerprint density at radius 2 is 2.15 bits per heavy atom. The van der Waals surface area contributed by atoms with Gasteiger partial charge in [0.05, 0.1) is 19.3 Å². The minimum absolute atomic E-state index is 0.0765. The molecule has 0 unspecified atom stereocenters. The molecule has 4 rings (SSSR count). The van der Waals surface area contributed by atoms with Gasteiger partial charge in [-0.2, -0.15) is 5.10 Å². The van der Waals surface area contributed by atoms with E-state index in [2.05, 4.69) is 22.0 Å². The Kier molecular flexibility index (Phi) is 4.53. The largest absolute Gasteiger partial charge is 0.494 e. The van der Waals surface area contributed by atoms with Crippen LogP contribution in [0.15, 0.2) is 36.5 Å². The summed E-state index contributed by atoms with van der Waals surface area (Å²) in [7, 11) is 5.52. The second-order valence-electron chi connectivity index (χ2n) is 6.97. The molecule has 0 radical (unpaired) electrons. The molecule has 0 saturated carbocycles. The van der Waals surface area contributed by atoms with E-state index in [-0.39, 0.29) is 5.91 Å². The summed E-state index contributed by atoms with van der Waals surface area (Å²) in [6.45, 7) is 3.06. The number of hydrogen-bond donors (Lipinski definition) is 0. The van der Waals surface area contributed by atoms with Crippen molar-refractivity contribution in [3.8, 4) is 5.75 Å². The van der Waals surface area contributed by atoms with E-state index in [0.717, 1.165) is 47.5 Å². The summed E-state index contributed by atoms with van der Waals surface area (Å²) in [5, 5.41) is 5.49. The number of fused-ring (bicyclic) bond motifs is 2. The summed E-state index contributed by atoms with van der Waals surface area (Å²) in [5.74, 6) is 0.654. The van der Waals surface area contributed by atoms with Gasteiger partial charge >= 0.3 is 0 Å². The van der Waals surface area contributed by atoms with E-state index in [4.69, 9.17) is 4.74 Å². The Morgan fingerprint density at radius 1 is 1.30 bits per heavy atom. The number of methoxy groups -OCH3 is 1. The number of likely N-dealkylation sites (N-methyl/N-ethyl adjacent to an activating group) is 1. The molecule has 1 aliphatic rings. The molecule has 1 aromatic carbocycles. The molecular formula is C20H23N5O2. The number of aromatic nitrogens is 3. The fourth-order valence-corrected chi connectivity index (χ4v) is 3.53. The second-order valence-corrected chi connectivity index (χ2v) is 6.97. The van der Waals surface area contributed by atoms with Crippen molar-refractivity contribution in [3.05, 3.63) is 53.5 Å². The van der Waals surface area contributed by atoms with Crippen molar-refractivity contribution in [2.75, 3.05) is 27.7 Å². The standard InChI is InChI=1S/C20H23N5O2/c1-23-9-10-25-15(13-23)11-17(22-25)20(26)24(2)12-14-6-7-18(27-3)19-16(14)5-4-8-21-19/h4-8,11H,9-10,12-13H2,1-3H3.